The van der Waals surface area contributed by atoms with Crippen molar-refractivity contribution in [3.05, 3.63) is 29.3 Å². The minimum Gasteiger partial charge on any atom is -0.380 e. The third kappa shape index (κ3) is 2.48. The Labute approximate surface area is 122 Å². The predicted octanol–water partition coefficient (Wildman–Crippen LogP) is 1.88. The van der Waals surface area contributed by atoms with Gasteiger partial charge in [-0.15, -0.1) is 0 Å². The first-order valence-electron chi connectivity index (χ1n) is 7.22. The molecular formula is C15H19F2N3O. The quantitative estimate of drug-likeness (QED) is 0.798. The first-order valence-corrected chi connectivity index (χ1v) is 7.22. The van der Waals surface area contributed by atoms with Crippen molar-refractivity contribution in [2.45, 2.75) is 25.3 Å². The Bertz CT molecular complexity index is 562. The molecule has 0 atom stereocenters. The van der Waals surface area contributed by atoms with Gasteiger partial charge < -0.3 is 16.0 Å². The van der Waals surface area contributed by atoms with Gasteiger partial charge in [-0.25, -0.2) is 8.78 Å². The minimum atomic E-state index is -1.10. The van der Waals surface area contributed by atoms with Crippen LogP contribution in [0.15, 0.2) is 12.1 Å². The van der Waals surface area contributed by atoms with Crippen LogP contribution in [0.3, 0.4) is 0 Å². The molecule has 1 aromatic rings. The molecule has 1 spiro atoms. The number of anilines is 1. The smallest absolute Gasteiger partial charge is 0.254 e. The molecule has 1 heterocycles. The largest absolute Gasteiger partial charge is 0.380 e. The second kappa shape index (κ2) is 5.26. The maximum atomic E-state index is 14.0. The lowest BCUT2D eigenvalue weighted by atomic mass is 9.65. The summed E-state index contributed by atoms with van der Waals surface area (Å²) in [6.07, 6.45) is 3.09. The van der Waals surface area contributed by atoms with E-state index in [1.54, 1.807) is 0 Å². The normalized spacial score (nSPS) is 27.5. The summed E-state index contributed by atoms with van der Waals surface area (Å²) >= 11 is 0. The van der Waals surface area contributed by atoms with Gasteiger partial charge in [-0.2, -0.15) is 0 Å². The monoisotopic (exact) mass is 295 g/mol. The Balaban J connectivity index is 1.69. The Hall–Kier alpha value is -1.69. The fourth-order valence-corrected chi connectivity index (χ4v) is 3.42. The van der Waals surface area contributed by atoms with Gasteiger partial charge in [-0.3, -0.25) is 4.79 Å². The lowest BCUT2D eigenvalue weighted by Crippen LogP contribution is -2.46. The number of benzene rings is 1. The van der Waals surface area contributed by atoms with Gasteiger partial charge in [0.1, 0.15) is 0 Å². The molecule has 21 heavy (non-hydrogen) atoms. The van der Waals surface area contributed by atoms with Gasteiger partial charge in [0.25, 0.3) is 5.91 Å². The molecule has 1 saturated carbocycles. The highest BCUT2D eigenvalue weighted by molar-refractivity contribution is 5.94. The molecule has 0 aromatic heterocycles. The molecule has 2 aliphatic rings. The van der Waals surface area contributed by atoms with Crippen LogP contribution in [0, 0.1) is 17.0 Å². The average Bonchev–Trinajstić information content (AvgIpc) is 2.92. The van der Waals surface area contributed by atoms with E-state index in [0.29, 0.717) is 5.41 Å². The summed E-state index contributed by atoms with van der Waals surface area (Å²) in [4.78, 5) is 11.4. The zero-order valence-electron chi connectivity index (χ0n) is 11.9. The molecule has 1 amide bonds. The highest BCUT2D eigenvalue weighted by Gasteiger charge is 2.46. The first kappa shape index (κ1) is 14.3. The standard InChI is InChI=1S/C15H19F2N3O/c1-18-14(21)10-2-3-11(13(17)12(10)16)20-9-6-15(7-9)4-5-19-8-15/h2-3,9,19-20H,4-8H2,1H3,(H,18,21). The maximum Gasteiger partial charge on any atom is 0.254 e. The molecule has 3 N–H and O–H groups in total. The fourth-order valence-electron chi connectivity index (χ4n) is 3.42. The van der Waals surface area contributed by atoms with E-state index >= 15 is 0 Å². The number of hydrogen-bond donors (Lipinski definition) is 3. The molecular weight excluding hydrogens is 276 g/mol. The number of nitrogens with one attached hydrogen (secondary N) is 3. The first-order chi connectivity index (χ1) is 10.0. The molecule has 6 heteroatoms. The molecule has 114 valence electrons. The van der Waals surface area contributed by atoms with Crippen LogP contribution in [-0.2, 0) is 0 Å². The molecule has 1 saturated heterocycles. The molecule has 0 unspecified atom stereocenters. The highest BCUT2D eigenvalue weighted by atomic mass is 19.2. The van der Waals surface area contributed by atoms with E-state index in [1.807, 2.05) is 0 Å². The molecule has 4 nitrogen and oxygen atoms in total. The van der Waals surface area contributed by atoms with Crippen molar-refractivity contribution < 1.29 is 13.6 Å². The van der Waals surface area contributed by atoms with E-state index in [4.69, 9.17) is 0 Å². The molecule has 0 radical (unpaired) electrons. The van der Waals surface area contributed by atoms with Crippen LogP contribution in [0.1, 0.15) is 29.6 Å². The number of amides is 1. The number of carbonyl (C=O) groups excluding carboxylic acids is 1. The summed E-state index contributed by atoms with van der Waals surface area (Å²) in [6.45, 7) is 2.05. The zero-order chi connectivity index (χ0) is 15.0. The number of halogens is 2. The van der Waals surface area contributed by atoms with Crippen LogP contribution in [0.4, 0.5) is 14.5 Å². The number of rotatable bonds is 3. The molecule has 1 aliphatic carbocycles. The van der Waals surface area contributed by atoms with E-state index in [1.165, 1.54) is 19.2 Å². The lowest BCUT2D eigenvalue weighted by Gasteiger charge is -2.45. The van der Waals surface area contributed by atoms with E-state index in [-0.39, 0.29) is 17.3 Å². The second-order valence-electron chi connectivity index (χ2n) is 6.04. The second-order valence-corrected chi connectivity index (χ2v) is 6.04. The summed E-state index contributed by atoms with van der Waals surface area (Å²) in [6, 6.07) is 2.91. The Morgan fingerprint density at radius 1 is 1.33 bits per heavy atom. The average molecular weight is 295 g/mol. The lowest BCUT2D eigenvalue weighted by molar-refractivity contribution is 0.0958. The zero-order valence-corrected chi connectivity index (χ0v) is 11.9. The van der Waals surface area contributed by atoms with Gasteiger partial charge in [0, 0.05) is 19.6 Å². The van der Waals surface area contributed by atoms with E-state index < -0.39 is 17.5 Å². The third-order valence-corrected chi connectivity index (χ3v) is 4.60. The molecule has 0 bridgehead atoms. The molecule has 1 aromatic carbocycles. The molecule has 1 aliphatic heterocycles. The van der Waals surface area contributed by atoms with Crippen LogP contribution < -0.4 is 16.0 Å². The van der Waals surface area contributed by atoms with Crippen molar-refractivity contribution in [1.82, 2.24) is 10.6 Å². The van der Waals surface area contributed by atoms with Gasteiger partial charge in [0.05, 0.1) is 11.3 Å². The Morgan fingerprint density at radius 3 is 2.71 bits per heavy atom. The molecule has 3 rings (SSSR count). The Kier molecular flexibility index (Phi) is 3.57. The highest BCUT2D eigenvalue weighted by Crippen LogP contribution is 2.46. The van der Waals surface area contributed by atoms with Gasteiger partial charge in [0.15, 0.2) is 11.6 Å². The van der Waals surface area contributed by atoms with Gasteiger partial charge in [-0.05, 0) is 43.4 Å². The van der Waals surface area contributed by atoms with Crippen molar-refractivity contribution in [3.63, 3.8) is 0 Å². The van der Waals surface area contributed by atoms with Gasteiger partial charge >= 0.3 is 0 Å². The molecule has 2 fully saturated rings. The van der Waals surface area contributed by atoms with Gasteiger partial charge in [0.2, 0.25) is 0 Å². The summed E-state index contributed by atoms with van der Waals surface area (Å²) in [7, 11) is 1.38. The summed E-state index contributed by atoms with van der Waals surface area (Å²) in [5, 5.41) is 8.68. The van der Waals surface area contributed by atoms with E-state index in [2.05, 4.69) is 16.0 Å². The van der Waals surface area contributed by atoms with Crippen molar-refractivity contribution in [2.75, 3.05) is 25.5 Å². The maximum absolute atomic E-state index is 14.0. The topological polar surface area (TPSA) is 53.2 Å². The predicted molar refractivity (Wildman–Crippen MR) is 76.3 cm³/mol. The summed E-state index contributed by atoms with van der Waals surface area (Å²) in [5.74, 6) is -2.71. The number of hydrogen-bond acceptors (Lipinski definition) is 3. The number of carbonyl (C=O) groups is 1. The third-order valence-electron chi connectivity index (χ3n) is 4.60. The summed E-state index contributed by atoms with van der Waals surface area (Å²) in [5.41, 5.74) is 0.200. The SMILES string of the molecule is CNC(=O)c1ccc(NC2CC3(CCNC3)C2)c(F)c1F. The fraction of sp³-hybridized carbons (Fsp3) is 0.533. The van der Waals surface area contributed by atoms with Crippen LogP contribution in [0.25, 0.3) is 0 Å². The van der Waals surface area contributed by atoms with E-state index in [9.17, 15) is 13.6 Å². The van der Waals surface area contributed by atoms with Crippen LogP contribution in [-0.4, -0.2) is 32.1 Å². The van der Waals surface area contributed by atoms with Crippen LogP contribution in [0.5, 0.6) is 0 Å². The van der Waals surface area contributed by atoms with Crippen LogP contribution in [0.2, 0.25) is 0 Å². The summed E-state index contributed by atoms with van der Waals surface area (Å²) < 4.78 is 27.9. The van der Waals surface area contributed by atoms with E-state index in [0.717, 1.165) is 32.4 Å². The van der Waals surface area contributed by atoms with Crippen LogP contribution >= 0.6 is 0 Å². The van der Waals surface area contributed by atoms with Crippen molar-refractivity contribution in [1.29, 1.82) is 0 Å². The van der Waals surface area contributed by atoms with Crippen molar-refractivity contribution in [2.24, 2.45) is 5.41 Å². The van der Waals surface area contributed by atoms with Crippen molar-refractivity contribution in [3.8, 4) is 0 Å². The minimum absolute atomic E-state index is 0.131. The Morgan fingerprint density at radius 2 is 2.10 bits per heavy atom. The van der Waals surface area contributed by atoms with Gasteiger partial charge in [-0.1, -0.05) is 0 Å². The van der Waals surface area contributed by atoms with Crippen molar-refractivity contribution >= 4 is 11.6 Å².